The van der Waals surface area contributed by atoms with Crippen LogP contribution in [0.3, 0.4) is 0 Å². The minimum Gasteiger partial charge on any atom is -0.385 e. The van der Waals surface area contributed by atoms with Crippen LogP contribution in [0, 0.1) is 0 Å². The van der Waals surface area contributed by atoms with Crippen LogP contribution < -0.4 is 5.32 Å². The van der Waals surface area contributed by atoms with Gasteiger partial charge in [-0.3, -0.25) is 0 Å². The summed E-state index contributed by atoms with van der Waals surface area (Å²) < 4.78 is 5.08. The van der Waals surface area contributed by atoms with Gasteiger partial charge in [0, 0.05) is 31.3 Å². The number of ether oxygens (including phenoxy) is 1. The first-order chi connectivity index (χ1) is 8.31. The first kappa shape index (κ1) is 11.9. The third-order valence-electron chi connectivity index (χ3n) is 2.81. The van der Waals surface area contributed by atoms with Crippen LogP contribution in [-0.4, -0.2) is 24.7 Å². The maximum absolute atomic E-state index is 5.08. The number of hydrogen-bond acceptors (Lipinski definition) is 3. The second-order valence-electron chi connectivity index (χ2n) is 4.21. The zero-order chi connectivity index (χ0) is 12.1. The Hall–Kier alpha value is -1.61. The van der Waals surface area contributed by atoms with Crippen LogP contribution in [0.4, 0.5) is 5.82 Å². The van der Waals surface area contributed by atoms with Crippen molar-refractivity contribution in [2.45, 2.75) is 19.4 Å². The fraction of sp³-hybridized carbons (Fsp3) is 0.357. The molecule has 0 aliphatic rings. The molecule has 2 aromatic rings. The molecule has 1 N–H and O–H groups in total. The van der Waals surface area contributed by atoms with Gasteiger partial charge >= 0.3 is 0 Å². The molecule has 1 atom stereocenters. The lowest BCUT2D eigenvalue weighted by molar-refractivity contribution is 0.191. The molecule has 0 saturated carbocycles. The standard InChI is InChI=1S/C14H18N2O/c1-11(8-10-17-2)16-14-13-6-4-3-5-12(13)7-9-15-14/h3-7,9,11H,8,10H2,1-2H3,(H,15,16). The van der Waals surface area contributed by atoms with E-state index >= 15 is 0 Å². The summed E-state index contributed by atoms with van der Waals surface area (Å²) >= 11 is 0. The van der Waals surface area contributed by atoms with E-state index < -0.39 is 0 Å². The highest BCUT2D eigenvalue weighted by atomic mass is 16.5. The highest BCUT2D eigenvalue weighted by Crippen LogP contribution is 2.21. The van der Waals surface area contributed by atoms with Crippen molar-refractivity contribution in [1.29, 1.82) is 0 Å². The highest BCUT2D eigenvalue weighted by molar-refractivity contribution is 5.91. The molecule has 0 fully saturated rings. The minimum atomic E-state index is 0.355. The molecule has 90 valence electrons. The van der Waals surface area contributed by atoms with Crippen molar-refractivity contribution in [3.05, 3.63) is 36.5 Å². The number of nitrogens with one attached hydrogen (secondary N) is 1. The van der Waals surface area contributed by atoms with Crippen molar-refractivity contribution in [1.82, 2.24) is 4.98 Å². The number of benzene rings is 1. The monoisotopic (exact) mass is 230 g/mol. The van der Waals surface area contributed by atoms with E-state index in [0.717, 1.165) is 18.8 Å². The van der Waals surface area contributed by atoms with Crippen LogP contribution in [0.1, 0.15) is 13.3 Å². The van der Waals surface area contributed by atoms with Crippen LogP contribution >= 0.6 is 0 Å². The minimum absolute atomic E-state index is 0.355. The van der Waals surface area contributed by atoms with Crippen LogP contribution in [0.5, 0.6) is 0 Å². The zero-order valence-corrected chi connectivity index (χ0v) is 10.3. The number of anilines is 1. The molecule has 3 heteroatoms. The lowest BCUT2D eigenvalue weighted by Crippen LogP contribution is -2.18. The van der Waals surface area contributed by atoms with Gasteiger partial charge in [-0.2, -0.15) is 0 Å². The van der Waals surface area contributed by atoms with Crippen LogP contribution in [-0.2, 0) is 4.74 Å². The Morgan fingerprint density at radius 1 is 1.29 bits per heavy atom. The quantitative estimate of drug-likeness (QED) is 0.857. The van der Waals surface area contributed by atoms with Crippen molar-refractivity contribution in [3.63, 3.8) is 0 Å². The maximum atomic E-state index is 5.08. The van der Waals surface area contributed by atoms with Crippen molar-refractivity contribution in [3.8, 4) is 0 Å². The average molecular weight is 230 g/mol. The molecule has 1 unspecified atom stereocenters. The van der Waals surface area contributed by atoms with Crippen molar-refractivity contribution < 1.29 is 4.74 Å². The molecule has 2 rings (SSSR count). The van der Waals surface area contributed by atoms with E-state index in [9.17, 15) is 0 Å². The summed E-state index contributed by atoms with van der Waals surface area (Å²) in [6.45, 7) is 2.90. The van der Waals surface area contributed by atoms with E-state index in [1.165, 1.54) is 10.8 Å². The van der Waals surface area contributed by atoms with Gasteiger partial charge in [0.05, 0.1) is 0 Å². The summed E-state index contributed by atoms with van der Waals surface area (Å²) in [7, 11) is 1.73. The van der Waals surface area contributed by atoms with Gasteiger partial charge in [-0.15, -0.1) is 0 Å². The van der Waals surface area contributed by atoms with Gasteiger partial charge in [0.1, 0.15) is 5.82 Å². The Labute approximate surface area is 102 Å². The number of pyridine rings is 1. The summed E-state index contributed by atoms with van der Waals surface area (Å²) in [5.41, 5.74) is 0. The Morgan fingerprint density at radius 3 is 2.94 bits per heavy atom. The molecule has 17 heavy (non-hydrogen) atoms. The largest absolute Gasteiger partial charge is 0.385 e. The Bertz CT molecular complexity index is 479. The van der Waals surface area contributed by atoms with Crippen LogP contribution in [0.2, 0.25) is 0 Å². The molecule has 0 aliphatic carbocycles. The third kappa shape index (κ3) is 2.94. The number of fused-ring (bicyclic) bond motifs is 1. The summed E-state index contributed by atoms with van der Waals surface area (Å²) in [5.74, 6) is 0.951. The van der Waals surface area contributed by atoms with E-state index in [1.807, 2.05) is 24.4 Å². The number of methoxy groups -OCH3 is 1. The molecular formula is C14H18N2O. The lowest BCUT2D eigenvalue weighted by Gasteiger charge is -2.15. The van der Waals surface area contributed by atoms with Gasteiger partial charge in [0.25, 0.3) is 0 Å². The first-order valence-electron chi connectivity index (χ1n) is 5.90. The van der Waals surface area contributed by atoms with Gasteiger partial charge in [-0.1, -0.05) is 24.3 Å². The number of aromatic nitrogens is 1. The topological polar surface area (TPSA) is 34.1 Å². The summed E-state index contributed by atoms with van der Waals surface area (Å²) in [5, 5.41) is 5.81. The Kier molecular flexibility index (Phi) is 3.94. The van der Waals surface area contributed by atoms with Crippen molar-refractivity contribution in [2.75, 3.05) is 19.0 Å². The second kappa shape index (κ2) is 5.64. The molecule has 0 aliphatic heterocycles. The fourth-order valence-electron chi connectivity index (χ4n) is 1.83. The van der Waals surface area contributed by atoms with E-state index in [2.05, 4.69) is 29.4 Å². The second-order valence-corrected chi connectivity index (χ2v) is 4.21. The summed E-state index contributed by atoms with van der Waals surface area (Å²) in [4.78, 5) is 4.40. The van der Waals surface area contributed by atoms with Crippen LogP contribution in [0.25, 0.3) is 10.8 Å². The van der Waals surface area contributed by atoms with Gasteiger partial charge in [0.15, 0.2) is 0 Å². The fourth-order valence-corrected chi connectivity index (χ4v) is 1.83. The Morgan fingerprint density at radius 2 is 2.12 bits per heavy atom. The average Bonchev–Trinajstić information content (AvgIpc) is 2.37. The van der Waals surface area contributed by atoms with Crippen molar-refractivity contribution in [2.24, 2.45) is 0 Å². The zero-order valence-electron chi connectivity index (χ0n) is 10.3. The molecule has 0 amide bonds. The number of nitrogens with zero attached hydrogens (tertiary/aromatic N) is 1. The predicted octanol–water partition coefficient (Wildman–Crippen LogP) is 3.07. The van der Waals surface area contributed by atoms with Crippen LogP contribution in [0.15, 0.2) is 36.5 Å². The van der Waals surface area contributed by atoms with Crippen molar-refractivity contribution >= 4 is 16.6 Å². The van der Waals surface area contributed by atoms with E-state index in [0.29, 0.717) is 6.04 Å². The SMILES string of the molecule is COCCC(C)Nc1nccc2ccccc12. The van der Waals surface area contributed by atoms with Gasteiger partial charge in [0.2, 0.25) is 0 Å². The molecule has 1 aromatic heterocycles. The molecule has 0 spiro atoms. The number of hydrogen-bond donors (Lipinski definition) is 1. The molecule has 1 aromatic carbocycles. The summed E-state index contributed by atoms with van der Waals surface area (Å²) in [6.07, 6.45) is 2.81. The van der Waals surface area contributed by atoms with E-state index in [-0.39, 0.29) is 0 Å². The highest BCUT2D eigenvalue weighted by Gasteiger charge is 2.05. The molecule has 3 nitrogen and oxygen atoms in total. The molecular weight excluding hydrogens is 212 g/mol. The predicted molar refractivity (Wildman–Crippen MR) is 71.3 cm³/mol. The Balaban J connectivity index is 2.18. The van der Waals surface area contributed by atoms with E-state index in [4.69, 9.17) is 4.74 Å². The molecule has 0 bridgehead atoms. The number of rotatable bonds is 5. The summed E-state index contributed by atoms with van der Waals surface area (Å²) in [6, 6.07) is 10.7. The maximum Gasteiger partial charge on any atom is 0.134 e. The smallest absolute Gasteiger partial charge is 0.134 e. The van der Waals surface area contributed by atoms with Gasteiger partial charge < -0.3 is 10.1 Å². The lowest BCUT2D eigenvalue weighted by atomic mass is 10.1. The normalized spacial score (nSPS) is 12.6. The third-order valence-corrected chi connectivity index (χ3v) is 2.81. The molecule has 0 radical (unpaired) electrons. The first-order valence-corrected chi connectivity index (χ1v) is 5.90. The van der Waals surface area contributed by atoms with Gasteiger partial charge in [-0.05, 0) is 24.8 Å². The van der Waals surface area contributed by atoms with E-state index in [1.54, 1.807) is 7.11 Å². The molecule has 0 saturated heterocycles. The van der Waals surface area contributed by atoms with Gasteiger partial charge in [-0.25, -0.2) is 4.98 Å². The molecule has 1 heterocycles.